The summed E-state index contributed by atoms with van der Waals surface area (Å²) in [5.41, 5.74) is 3.50. The summed E-state index contributed by atoms with van der Waals surface area (Å²) in [4.78, 5) is 22.4. The summed E-state index contributed by atoms with van der Waals surface area (Å²) in [5.74, 6) is -1.66. The SMILES string of the molecule is O=C(O)c1ccc(/C=N\NC(=O)[C@H](O)c2ccccc2)cc1. The number of carbonyl (C=O) groups is 2. The Morgan fingerprint density at radius 3 is 2.27 bits per heavy atom. The van der Waals surface area contributed by atoms with Crippen LogP contribution in [0.25, 0.3) is 0 Å². The molecule has 0 saturated heterocycles. The smallest absolute Gasteiger partial charge is 0.335 e. The van der Waals surface area contributed by atoms with Crippen molar-refractivity contribution >= 4 is 18.1 Å². The average molecular weight is 298 g/mol. The van der Waals surface area contributed by atoms with Crippen molar-refractivity contribution in [1.82, 2.24) is 5.43 Å². The van der Waals surface area contributed by atoms with E-state index >= 15 is 0 Å². The van der Waals surface area contributed by atoms with E-state index in [-0.39, 0.29) is 5.56 Å². The third-order valence-corrected chi connectivity index (χ3v) is 2.91. The first-order chi connectivity index (χ1) is 10.6. The molecule has 6 heteroatoms. The summed E-state index contributed by atoms with van der Waals surface area (Å²) < 4.78 is 0. The number of hydrogen-bond donors (Lipinski definition) is 3. The molecular formula is C16H14N2O4. The third-order valence-electron chi connectivity index (χ3n) is 2.91. The predicted molar refractivity (Wildman–Crippen MR) is 80.5 cm³/mol. The van der Waals surface area contributed by atoms with Crippen LogP contribution in [0, 0.1) is 0 Å². The quantitative estimate of drug-likeness (QED) is 0.576. The number of carboxylic acid groups (broad SMARTS) is 1. The zero-order valence-corrected chi connectivity index (χ0v) is 11.5. The fourth-order valence-corrected chi connectivity index (χ4v) is 1.73. The van der Waals surface area contributed by atoms with Crippen LogP contribution in [0.2, 0.25) is 0 Å². The van der Waals surface area contributed by atoms with E-state index < -0.39 is 18.0 Å². The molecule has 1 atom stereocenters. The van der Waals surface area contributed by atoms with E-state index in [1.165, 1.54) is 18.3 Å². The van der Waals surface area contributed by atoms with Crippen LogP contribution in [0.15, 0.2) is 59.7 Å². The Morgan fingerprint density at radius 1 is 1.05 bits per heavy atom. The zero-order chi connectivity index (χ0) is 15.9. The van der Waals surface area contributed by atoms with Crippen LogP contribution in [0.1, 0.15) is 27.6 Å². The number of aliphatic hydroxyl groups is 1. The number of aliphatic hydroxyl groups excluding tert-OH is 1. The van der Waals surface area contributed by atoms with Crippen molar-refractivity contribution in [3.63, 3.8) is 0 Å². The number of carboxylic acids is 1. The molecule has 0 heterocycles. The maximum Gasteiger partial charge on any atom is 0.335 e. The van der Waals surface area contributed by atoms with Gasteiger partial charge in [0.25, 0.3) is 5.91 Å². The molecule has 22 heavy (non-hydrogen) atoms. The first kappa shape index (κ1) is 15.4. The second-order valence-electron chi connectivity index (χ2n) is 4.47. The van der Waals surface area contributed by atoms with Crippen molar-refractivity contribution in [1.29, 1.82) is 0 Å². The lowest BCUT2D eigenvalue weighted by molar-refractivity contribution is -0.129. The number of rotatable bonds is 5. The number of hydrazone groups is 1. The van der Waals surface area contributed by atoms with Crippen LogP contribution in [0.5, 0.6) is 0 Å². The molecule has 0 aliphatic rings. The maximum atomic E-state index is 11.7. The van der Waals surface area contributed by atoms with Gasteiger partial charge in [-0.2, -0.15) is 5.10 Å². The van der Waals surface area contributed by atoms with Crippen LogP contribution in [-0.4, -0.2) is 28.3 Å². The summed E-state index contributed by atoms with van der Waals surface area (Å²) in [5, 5.41) is 22.3. The highest BCUT2D eigenvalue weighted by Gasteiger charge is 2.15. The number of amides is 1. The first-order valence-corrected chi connectivity index (χ1v) is 6.47. The fraction of sp³-hybridized carbons (Fsp3) is 0.0625. The van der Waals surface area contributed by atoms with Crippen molar-refractivity contribution < 1.29 is 19.8 Å². The summed E-state index contributed by atoms with van der Waals surface area (Å²) >= 11 is 0. The lowest BCUT2D eigenvalue weighted by atomic mass is 10.1. The Kier molecular flexibility index (Phi) is 5.00. The lowest BCUT2D eigenvalue weighted by Crippen LogP contribution is -2.25. The standard InChI is InChI=1S/C16H14N2O4/c19-14(12-4-2-1-3-5-12)15(20)18-17-10-11-6-8-13(9-7-11)16(21)22/h1-10,14,19H,(H,18,20)(H,21,22)/b17-10-/t14-/m1/s1. The molecule has 0 unspecified atom stereocenters. The second kappa shape index (κ2) is 7.14. The van der Waals surface area contributed by atoms with Gasteiger partial charge in [0.05, 0.1) is 11.8 Å². The maximum absolute atomic E-state index is 11.7. The highest BCUT2D eigenvalue weighted by molar-refractivity contribution is 5.89. The normalized spacial score (nSPS) is 12.0. The lowest BCUT2D eigenvalue weighted by Gasteiger charge is -2.08. The molecule has 112 valence electrons. The average Bonchev–Trinajstić information content (AvgIpc) is 2.55. The topological polar surface area (TPSA) is 99.0 Å². The van der Waals surface area contributed by atoms with Gasteiger partial charge in [0.15, 0.2) is 6.10 Å². The molecule has 2 aromatic carbocycles. The van der Waals surface area contributed by atoms with Gasteiger partial charge in [-0.25, -0.2) is 10.2 Å². The van der Waals surface area contributed by atoms with Gasteiger partial charge in [0.1, 0.15) is 0 Å². The molecule has 0 fully saturated rings. The Morgan fingerprint density at radius 2 is 1.68 bits per heavy atom. The van der Waals surface area contributed by atoms with Gasteiger partial charge in [-0.15, -0.1) is 0 Å². The molecule has 0 spiro atoms. The number of nitrogens with one attached hydrogen (secondary N) is 1. The van der Waals surface area contributed by atoms with E-state index in [9.17, 15) is 14.7 Å². The Hall–Kier alpha value is -2.99. The summed E-state index contributed by atoms with van der Waals surface area (Å²) in [6.45, 7) is 0. The van der Waals surface area contributed by atoms with Gasteiger partial charge < -0.3 is 10.2 Å². The second-order valence-corrected chi connectivity index (χ2v) is 4.47. The van der Waals surface area contributed by atoms with Gasteiger partial charge in [-0.05, 0) is 23.3 Å². The molecule has 6 nitrogen and oxygen atoms in total. The van der Waals surface area contributed by atoms with Crippen LogP contribution in [0.3, 0.4) is 0 Å². The van der Waals surface area contributed by atoms with Crippen LogP contribution >= 0.6 is 0 Å². The van der Waals surface area contributed by atoms with Gasteiger partial charge in [-0.3, -0.25) is 4.79 Å². The van der Waals surface area contributed by atoms with Crippen LogP contribution in [0.4, 0.5) is 0 Å². The molecule has 2 aromatic rings. The number of benzene rings is 2. The van der Waals surface area contributed by atoms with Crippen molar-refractivity contribution in [2.24, 2.45) is 5.10 Å². The van der Waals surface area contributed by atoms with E-state index in [1.54, 1.807) is 42.5 Å². The first-order valence-electron chi connectivity index (χ1n) is 6.47. The van der Waals surface area contributed by atoms with E-state index in [1.807, 2.05) is 0 Å². The minimum absolute atomic E-state index is 0.167. The Bertz CT molecular complexity index is 681. The van der Waals surface area contributed by atoms with E-state index in [2.05, 4.69) is 10.5 Å². The van der Waals surface area contributed by atoms with E-state index in [0.29, 0.717) is 11.1 Å². The molecular weight excluding hydrogens is 284 g/mol. The number of hydrogen-bond acceptors (Lipinski definition) is 4. The van der Waals surface area contributed by atoms with Crippen LogP contribution < -0.4 is 5.43 Å². The minimum atomic E-state index is -1.30. The molecule has 2 rings (SSSR count). The summed E-state index contributed by atoms with van der Waals surface area (Å²) in [6, 6.07) is 14.5. The third kappa shape index (κ3) is 4.00. The van der Waals surface area contributed by atoms with Gasteiger partial charge in [0.2, 0.25) is 0 Å². The number of aromatic carboxylic acids is 1. The summed E-state index contributed by atoms with van der Waals surface area (Å²) in [7, 11) is 0. The number of nitrogens with zero attached hydrogens (tertiary/aromatic N) is 1. The Balaban J connectivity index is 1.94. The molecule has 3 N–H and O–H groups in total. The summed E-state index contributed by atoms with van der Waals surface area (Å²) in [6.07, 6.45) is 0.0640. The van der Waals surface area contributed by atoms with E-state index in [0.717, 1.165) is 0 Å². The molecule has 1 amide bonds. The van der Waals surface area contributed by atoms with Crippen molar-refractivity contribution in [3.05, 3.63) is 71.3 Å². The van der Waals surface area contributed by atoms with Gasteiger partial charge in [0, 0.05) is 0 Å². The van der Waals surface area contributed by atoms with Gasteiger partial charge in [-0.1, -0.05) is 42.5 Å². The Labute approximate surface area is 126 Å². The predicted octanol–water partition coefficient (Wildman–Crippen LogP) is 1.57. The molecule has 0 saturated carbocycles. The largest absolute Gasteiger partial charge is 0.478 e. The van der Waals surface area contributed by atoms with Crippen molar-refractivity contribution in [2.75, 3.05) is 0 Å². The molecule has 0 radical (unpaired) electrons. The van der Waals surface area contributed by atoms with Gasteiger partial charge >= 0.3 is 5.97 Å². The highest BCUT2D eigenvalue weighted by atomic mass is 16.4. The zero-order valence-electron chi connectivity index (χ0n) is 11.5. The van der Waals surface area contributed by atoms with Crippen molar-refractivity contribution in [2.45, 2.75) is 6.10 Å². The molecule has 0 aliphatic carbocycles. The van der Waals surface area contributed by atoms with Crippen molar-refractivity contribution in [3.8, 4) is 0 Å². The molecule has 0 aromatic heterocycles. The highest BCUT2D eigenvalue weighted by Crippen LogP contribution is 2.11. The van der Waals surface area contributed by atoms with E-state index in [4.69, 9.17) is 5.11 Å². The van der Waals surface area contributed by atoms with Crippen LogP contribution in [-0.2, 0) is 4.79 Å². The number of carbonyl (C=O) groups excluding carboxylic acids is 1. The molecule has 0 bridgehead atoms. The minimum Gasteiger partial charge on any atom is -0.478 e. The monoisotopic (exact) mass is 298 g/mol. The molecule has 0 aliphatic heterocycles. The fourth-order valence-electron chi connectivity index (χ4n) is 1.73.